The molecule has 2 N–H and O–H groups in total. The van der Waals surface area contributed by atoms with E-state index in [0.29, 0.717) is 6.04 Å². The van der Waals surface area contributed by atoms with Crippen molar-refractivity contribution >= 4 is 5.82 Å². The van der Waals surface area contributed by atoms with Crippen LogP contribution in [0.5, 0.6) is 0 Å². The Bertz CT molecular complexity index is 345. The molecule has 1 fully saturated rings. The van der Waals surface area contributed by atoms with E-state index in [0.717, 1.165) is 24.6 Å². The van der Waals surface area contributed by atoms with Crippen LogP contribution in [0.1, 0.15) is 37.4 Å². The summed E-state index contributed by atoms with van der Waals surface area (Å²) in [6.45, 7) is 6.26. The largest absolute Gasteiger partial charge is 0.367 e. The third-order valence-electron chi connectivity index (χ3n) is 2.87. The summed E-state index contributed by atoms with van der Waals surface area (Å²) in [6, 6.07) is 4.94. The fourth-order valence-electron chi connectivity index (χ4n) is 1.69. The fraction of sp³-hybridized carbons (Fsp3) is 0.615. The second kappa shape index (κ2) is 5.30. The van der Waals surface area contributed by atoms with E-state index in [4.69, 9.17) is 0 Å². The average molecular weight is 219 g/mol. The molecule has 0 radical (unpaired) electrons. The van der Waals surface area contributed by atoms with Crippen LogP contribution in [0.25, 0.3) is 0 Å². The van der Waals surface area contributed by atoms with Crippen molar-refractivity contribution < 1.29 is 0 Å². The molecule has 16 heavy (non-hydrogen) atoms. The maximum atomic E-state index is 4.58. The minimum atomic E-state index is 0.677. The van der Waals surface area contributed by atoms with Crippen LogP contribution < -0.4 is 10.6 Å². The predicted octanol–water partition coefficient (Wildman–Crippen LogP) is 2.46. The molecule has 1 aliphatic carbocycles. The Labute approximate surface area is 97.7 Å². The van der Waals surface area contributed by atoms with Gasteiger partial charge in [0, 0.05) is 18.3 Å². The van der Waals surface area contributed by atoms with E-state index in [2.05, 4.69) is 41.6 Å². The second-order valence-corrected chi connectivity index (χ2v) is 4.54. The second-order valence-electron chi connectivity index (χ2n) is 4.54. The lowest BCUT2D eigenvalue weighted by atomic mass is 10.2. The Morgan fingerprint density at radius 1 is 1.38 bits per heavy atom. The highest BCUT2D eigenvalue weighted by Gasteiger charge is 2.21. The molecule has 0 aliphatic heterocycles. The lowest BCUT2D eigenvalue weighted by Crippen LogP contribution is -2.15. The maximum absolute atomic E-state index is 4.58. The number of nitrogens with zero attached hydrogens (tertiary/aromatic N) is 1. The molecular formula is C13H21N3. The Hall–Kier alpha value is -1.09. The standard InChI is InChI=1S/C13H21N3/c1-3-8-14-9-11-4-7-13(15-10(11)2)16-12-5-6-12/h4,7,12,14H,3,5-6,8-9H2,1-2H3,(H,15,16). The van der Waals surface area contributed by atoms with Crippen LogP contribution in [0, 0.1) is 6.92 Å². The molecule has 1 aromatic heterocycles. The third-order valence-corrected chi connectivity index (χ3v) is 2.87. The SMILES string of the molecule is CCCNCc1ccc(NC2CC2)nc1C. The van der Waals surface area contributed by atoms with E-state index in [9.17, 15) is 0 Å². The van der Waals surface area contributed by atoms with Crippen LogP contribution in [0.4, 0.5) is 5.82 Å². The normalized spacial score (nSPS) is 15.1. The highest BCUT2D eigenvalue weighted by molar-refractivity contribution is 5.40. The molecule has 0 atom stereocenters. The predicted molar refractivity (Wildman–Crippen MR) is 67.6 cm³/mol. The van der Waals surface area contributed by atoms with Gasteiger partial charge in [0.25, 0.3) is 0 Å². The van der Waals surface area contributed by atoms with E-state index >= 15 is 0 Å². The average Bonchev–Trinajstić information content (AvgIpc) is 3.05. The number of rotatable bonds is 6. The van der Waals surface area contributed by atoms with Gasteiger partial charge >= 0.3 is 0 Å². The van der Waals surface area contributed by atoms with Gasteiger partial charge in [0.1, 0.15) is 5.82 Å². The molecule has 0 aromatic carbocycles. The van der Waals surface area contributed by atoms with Gasteiger partial charge in [-0.3, -0.25) is 0 Å². The van der Waals surface area contributed by atoms with Gasteiger partial charge in [0.2, 0.25) is 0 Å². The minimum Gasteiger partial charge on any atom is -0.367 e. The first-order valence-electron chi connectivity index (χ1n) is 6.23. The van der Waals surface area contributed by atoms with E-state index < -0.39 is 0 Å². The van der Waals surface area contributed by atoms with Crippen LogP contribution in [0.15, 0.2) is 12.1 Å². The lowest BCUT2D eigenvalue weighted by Gasteiger charge is -2.09. The van der Waals surface area contributed by atoms with Crippen molar-refractivity contribution in [2.75, 3.05) is 11.9 Å². The number of aryl methyl sites for hydroxylation is 1. The molecule has 1 aliphatic rings. The van der Waals surface area contributed by atoms with E-state index in [1.807, 2.05) is 0 Å². The molecule has 3 nitrogen and oxygen atoms in total. The maximum Gasteiger partial charge on any atom is 0.126 e. The monoisotopic (exact) mass is 219 g/mol. The Morgan fingerprint density at radius 2 is 2.19 bits per heavy atom. The van der Waals surface area contributed by atoms with Crippen LogP contribution in [-0.2, 0) is 6.54 Å². The van der Waals surface area contributed by atoms with Gasteiger partial charge in [-0.15, -0.1) is 0 Å². The first-order valence-corrected chi connectivity index (χ1v) is 6.23. The molecule has 3 heteroatoms. The van der Waals surface area contributed by atoms with Crippen molar-refractivity contribution in [3.63, 3.8) is 0 Å². The summed E-state index contributed by atoms with van der Waals surface area (Å²) in [7, 11) is 0. The van der Waals surface area contributed by atoms with Gasteiger partial charge in [-0.25, -0.2) is 4.98 Å². The van der Waals surface area contributed by atoms with Crippen LogP contribution in [-0.4, -0.2) is 17.6 Å². The third kappa shape index (κ3) is 3.20. The molecule has 1 aromatic rings. The van der Waals surface area contributed by atoms with Crippen LogP contribution >= 0.6 is 0 Å². The summed E-state index contributed by atoms with van der Waals surface area (Å²) in [5, 5.41) is 6.82. The molecule has 0 saturated heterocycles. The smallest absolute Gasteiger partial charge is 0.126 e. The van der Waals surface area contributed by atoms with Gasteiger partial charge in [0.05, 0.1) is 0 Å². The summed E-state index contributed by atoms with van der Waals surface area (Å²) < 4.78 is 0. The summed E-state index contributed by atoms with van der Waals surface area (Å²) in [4.78, 5) is 4.58. The summed E-state index contributed by atoms with van der Waals surface area (Å²) in [5.41, 5.74) is 2.43. The number of pyridine rings is 1. The lowest BCUT2D eigenvalue weighted by molar-refractivity contribution is 0.671. The Morgan fingerprint density at radius 3 is 2.81 bits per heavy atom. The number of aromatic nitrogens is 1. The van der Waals surface area contributed by atoms with Gasteiger partial charge in [-0.1, -0.05) is 13.0 Å². The Kier molecular flexibility index (Phi) is 3.78. The van der Waals surface area contributed by atoms with Crippen LogP contribution in [0.2, 0.25) is 0 Å². The summed E-state index contributed by atoms with van der Waals surface area (Å²) >= 11 is 0. The van der Waals surface area contributed by atoms with Crippen molar-refractivity contribution in [1.82, 2.24) is 10.3 Å². The van der Waals surface area contributed by atoms with Gasteiger partial charge in [-0.05, 0) is 44.4 Å². The van der Waals surface area contributed by atoms with Gasteiger partial charge in [0.15, 0.2) is 0 Å². The summed E-state index contributed by atoms with van der Waals surface area (Å²) in [6.07, 6.45) is 3.76. The number of hydrogen-bond acceptors (Lipinski definition) is 3. The topological polar surface area (TPSA) is 37.0 Å². The van der Waals surface area contributed by atoms with Crippen LogP contribution in [0.3, 0.4) is 0 Å². The zero-order valence-corrected chi connectivity index (χ0v) is 10.2. The first-order chi connectivity index (χ1) is 7.79. The highest BCUT2D eigenvalue weighted by Crippen LogP contribution is 2.24. The van der Waals surface area contributed by atoms with Crippen molar-refractivity contribution in [3.8, 4) is 0 Å². The molecule has 88 valence electrons. The minimum absolute atomic E-state index is 0.677. The van der Waals surface area contributed by atoms with Gasteiger partial charge in [-0.2, -0.15) is 0 Å². The van der Waals surface area contributed by atoms with Crippen molar-refractivity contribution in [2.45, 2.75) is 45.7 Å². The fourth-order valence-corrected chi connectivity index (χ4v) is 1.69. The highest BCUT2D eigenvalue weighted by atomic mass is 15.0. The molecule has 0 spiro atoms. The quantitative estimate of drug-likeness (QED) is 0.722. The zero-order valence-electron chi connectivity index (χ0n) is 10.2. The molecule has 0 bridgehead atoms. The van der Waals surface area contributed by atoms with E-state index in [1.165, 1.54) is 24.8 Å². The van der Waals surface area contributed by atoms with Crippen molar-refractivity contribution in [2.24, 2.45) is 0 Å². The van der Waals surface area contributed by atoms with Crippen molar-refractivity contribution in [1.29, 1.82) is 0 Å². The van der Waals surface area contributed by atoms with E-state index in [1.54, 1.807) is 0 Å². The first kappa shape index (κ1) is 11.4. The molecule has 0 unspecified atom stereocenters. The molecule has 1 heterocycles. The number of hydrogen-bond donors (Lipinski definition) is 2. The molecular weight excluding hydrogens is 198 g/mol. The number of nitrogens with one attached hydrogen (secondary N) is 2. The molecule has 1 saturated carbocycles. The molecule has 2 rings (SSSR count). The number of anilines is 1. The van der Waals surface area contributed by atoms with Gasteiger partial charge < -0.3 is 10.6 Å². The summed E-state index contributed by atoms with van der Waals surface area (Å²) in [5.74, 6) is 1.03. The van der Waals surface area contributed by atoms with E-state index in [-0.39, 0.29) is 0 Å². The molecule has 0 amide bonds. The Balaban J connectivity index is 1.92. The van der Waals surface area contributed by atoms with Crippen molar-refractivity contribution in [3.05, 3.63) is 23.4 Å². The zero-order chi connectivity index (χ0) is 11.4.